The number of hydrogen-bond donors (Lipinski definition) is 1. The Balaban J connectivity index is 3.09. The maximum Gasteiger partial charge on any atom is 0.307 e. The maximum atomic E-state index is 10.7. The predicted molar refractivity (Wildman–Crippen MR) is 60.6 cm³/mol. The van der Waals surface area contributed by atoms with Crippen LogP contribution in [0.4, 0.5) is 11.4 Å². The largest absolute Gasteiger partial charge is 0.392 e. The van der Waals surface area contributed by atoms with Gasteiger partial charge in [0.05, 0.1) is 22.9 Å². The van der Waals surface area contributed by atoms with Crippen LogP contribution in [0.2, 0.25) is 0 Å². The highest BCUT2D eigenvalue weighted by atomic mass is 16.6. The Labute approximate surface area is 98.1 Å². The van der Waals surface area contributed by atoms with E-state index in [0.717, 1.165) is 0 Å². The van der Waals surface area contributed by atoms with Gasteiger partial charge in [0.25, 0.3) is 0 Å². The second-order valence-electron chi connectivity index (χ2n) is 3.66. The summed E-state index contributed by atoms with van der Waals surface area (Å²) in [6.45, 7) is 1.94. The quantitative estimate of drug-likeness (QED) is 0.609. The average Bonchev–Trinajstić information content (AvgIpc) is 2.27. The first kappa shape index (κ1) is 12.9. The highest BCUT2D eigenvalue weighted by Crippen LogP contribution is 2.22. The number of rotatable bonds is 4. The molecule has 1 N–H and O–H groups in total. The summed E-state index contributed by atoms with van der Waals surface area (Å²) in [4.78, 5) is 15.4. The normalized spacial score (nSPS) is 11.6. The monoisotopic (exact) mass is 236 g/mol. The molecule has 1 heterocycles. The van der Waals surface area contributed by atoms with Crippen LogP contribution in [0.5, 0.6) is 0 Å². The average molecular weight is 236 g/mol. The van der Waals surface area contributed by atoms with E-state index in [-0.39, 0.29) is 11.4 Å². The third-order valence-corrected chi connectivity index (χ3v) is 2.13. The Morgan fingerprint density at radius 1 is 1.76 bits per heavy atom. The number of anilines is 1. The summed E-state index contributed by atoms with van der Waals surface area (Å²) in [5.74, 6) is 0. The summed E-state index contributed by atoms with van der Waals surface area (Å²) >= 11 is 0. The van der Waals surface area contributed by atoms with Crippen LogP contribution in [0.15, 0.2) is 12.3 Å². The van der Waals surface area contributed by atoms with Crippen molar-refractivity contribution >= 4 is 11.4 Å². The summed E-state index contributed by atoms with van der Waals surface area (Å²) in [7, 11) is 1.68. The molecule has 7 nitrogen and oxygen atoms in total. The lowest BCUT2D eigenvalue weighted by Gasteiger charge is -2.20. The van der Waals surface area contributed by atoms with Gasteiger partial charge < -0.3 is 10.0 Å². The molecular formula is C10H12N4O3. The van der Waals surface area contributed by atoms with E-state index < -0.39 is 11.0 Å². The molecule has 1 aromatic heterocycles. The fourth-order valence-corrected chi connectivity index (χ4v) is 1.38. The molecular weight excluding hydrogens is 224 g/mol. The first-order chi connectivity index (χ1) is 7.95. The minimum Gasteiger partial charge on any atom is -0.392 e. The van der Waals surface area contributed by atoms with Crippen molar-refractivity contribution in [1.29, 1.82) is 5.26 Å². The van der Waals surface area contributed by atoms with Crippen LogP contribution in [0.25, 0.3) is 0 Å². The molecule has 17 heavy (non-hydrogen) atoms. The molecule has 7 heteroatoms. The Hall–Kier alpha value is -2.20. The molecule has 0 aliphatic heterocycles. The van der Waals surface area contributed by atoms with Crippen molar-refractivity contribution in [3.05, 3.63) is 28.1 Å². The summed E-state index contributed by atoms with van der Waals surface area (Å²) in [6, 6.07) is 2.93. The predicted octanol–water partition coefficient (Wildman–Crippen LogP) is 0.678. The molecule has 1 unspecified atom stereocenters. The number of aliphatic hydroxyl groups is 1. The van der Waals surface area contributed by atoms with E-state index in [4.69, 9.17) is 5.26 Å². The molecule has 1 aromatic rings. The van der Waals surface area contributed by atoms with Gasteiger partial charge in [-0.3, -0.25) is 10.1 Å². The third kappa shape index (κ3) is 3.12. The summed E-state index contributed by atoms with van der Waals surface area (Å²) in [6.07, 6.45) is 0.809. The second kappa shape index (κ2) is 5.23. The zero-order valence-electron chi connectivity index (χ0n) is 9.49. The van der Waals surface area contributed by atoms with Crippen molar-refractivity contribution < 1.29 is 10.0 Å². The number of nitrogens with zero attached hydrogens (tertiary/aromatic N) is 4. The van der Waals surface area contributed by atoms with Crippen LogP contribution in [-0.2, 0) is 0 Å². The Bertz CT molecular complexity index is 467. The Kier molecular flexibility index (Phi) is 3.96. The van der Waals surface area contributed by atoms with Gasteiger partial charge in [-0.1, -0.05) is 0 Å². The van der Waals surface area contributed by atoms with Crippen LogP contribution in [-0.4, -0.2) is 34.7 Å². The summed E-state index contributed by atoms with van der Waals surface area (Å²) in [5, 5.41) is 28.6. The van der Waals surface area contributed by atoms with Crippen LogP contribution in [0.1, 0.15) is 12.6 Å². The number of aliphatic hydroxyl groups excluding tert-OH is 1. The highest BCUT2D eigenvalue weighted by Gasteiger charge is 2.17. The lowest BCUT2D eigenvalue weighted by atomic mass is 10.2. The lowest BCUT2D eigenvalue weighted by molar-refractivity contribution is -0.385. The van der Waals surface area contributed by atoms with Crippen LogP contribution >= 0.6 is 0 Å². The van der Waals surface area contributed by atoms with E-state index >= 15 is 0 Å². The Morgan fingerprint density at radius 2 is 2.41 bits per heavy atom. The zero-order chi connectivity index (χ0) is 13.0. The van der Waals surface area contributed by atoms with Gasteiger partial charge in [-0.05, 0) is 6.92 Å². The minimum atomic E-state index is -0.648. The third-order valence-electron chi connectivity index (χ3n) is 2.13. The fraction of sp³-hybridized carbons (Fsp3) is 0.400. The van der Waals surface area contributed by atoms with Crippen molar-refractivity contribution in [3.63, 3.8) is 0 Å². The number of aromatic nitrogens is 1. The van der Waals surface area contributed by atoms with E-state index in [2.05, 4.69) is 4.98 Å². The number of pyridine rings is 1. The van der Waals surface area contributed by atoms with Gasteiger partial charge in [0, 0.05) is 19.7 Å². The van der Waals surface area contributed by atoms with Gasteiger partial charge in [0.1, 0.15) is 6.07 Å². The molecule has 1 rings (SSSR count). The van der Waals surface area contributed by atoms with E-state index in [0.29, 0.717) is 12.2 Å². The highest BCUT2D eigenvalue weighted by molar-refractivity contribution is 5.55. The Morgan fingerprint density at radius 3 is 2.88 bits per heavy atom. The summed E-state index contributed by atoms with van der Waals surface area (Å²) in [5.41, 5.74) is -0.0664. The molecule has 0 spiro atoms. The fourth-order valence-electron chi connectivity index (χ4n) is 1.38. The number of nitriles is 1. The molecule has 0 aliphatic carbocycles. The number of likely N-dealkylation sites (N-methyl/N-ethyl adjacent to an activating group) is 1. The molecule has 0 saturated heterocycles. The minimum absolute atomic E-state index is 0.218. The topological polar surface area (TPSA) is 103 Å². The molecule has 0 aromatic carbocycles. The van der Waals surface area contributed by atoms with E-state index in [1.807, 2.05) is 0 Å². The zero-order valence-corrected chi connectivity index (χ0v) is 9.49. The van der Waals surface area contributed by atoms with Crippen LogP contribution in [0, 0.1) is 21.4 Å². The van der Waals surface area contributed by atoms with Gasteiger partial charge in [-0.15, -0.1) is 0 Å². The van der Waals surface area contributed by atoms with Crippen molar-refractivity contribution in [2.45, 2.75) is 13.0 Å². The van der Waals surface area contributed by atoms with Gasteiger partial charge in [-0.2, -0.15) is 5.26 Å². The first-order valence-electron chi connectivity index (χ1n) is 4.89. The van der Waals surface area contributed by atoms with Crippen LogP contribution in [0.3, 0.4) is 0 Å². The van der Waals surface area contributed by atoms with E-state index in [9.17, 15) is 15.2 Å². The smallest absolute Gasteiger partial charge is 0.307 e. The maximum absolute atomic E-state index is 10.7. The van der Waals surface area contributed by atoms with Gasteiger partial charge in [0.15, 0.2) is 0 Å². The first-order valence-corrected chi connectivity index (χ1v) is 4.89. The number of nitro groups is 1. The van der Waals surface area contributed by atoms with Gasteiger partial charge in [-0.25, -0.2) is 4.98 Å². The van der Waals surface area contributed by atoms with Gasteiger partial charge >= 0.3 is 5.69 Å². The molecule has 0 aliphatic rings. The van der Waals surface area contributed by atoms with E-state index in [1.54, 1.807) is 24.9 Å². The van der Waals surface area contributed by atoms with Crippen molar-refractivity contribution in [3.8, 4) is 6.07 Å². The molecule has 0 saturated carbocycles. The van der Waals surface area contributed by atoms with Crippen molar-refractivity contribution in [2.75, 3.05) is 18.5 Å². The molecule has 0 radical (unpaired) electrons. The summed E-state index contributed by atoms with van der Waals surface area (Å²) < 4.78 is 0. The molecule has 0 bridgehead atoms. The van der Waals surface area contributed by atoms with E-state index in [1.165, 1.54) is 12.3 Å². The van der Waals surface area contributed by atoms with Crippen molar-refractivity contribution in [1.82, 2.24) is 4.98 Å². The molecule has 1 atom stereocenters. The van der Waals surface area contributed by atoms with Gasteiger partial charge in [0.2, 0.25) is 5.69 Å². The molecule has 0 amide bonds. The second-order valence-corrected chi connectivity index (χ2v) is 3.66. The number of hydrogen-bond acceptors (Lipinski definition) is 6. The lowest BCUT2D eigenvalue weighted by Crippen LogP contribution is -2.27. The molecule has 90 valence electrons. The standard InChI is InChI=1S/C10H12N4O3/c1-7(15)6-13(2)8-3-10(14(16)17)9(4-11)12-5-8/h3,5,7,15H,6H2,1-2H3. The van der Waals surface area contributed by atoms with Crippen LogP contribution < -0.4 is 4.90 Å². The molecule has 0 fully saturated rings. The van der Waals surface area contributed by atoms with Crippen molar-refractivity contribution in [2.24, 2.45) is 0 Å². The SMILES string of the molecule is CC(O)CN(C)c1cnc(C#N)c([N+](=O)[O-])c1.